The number of aromatic nitrogens is 3. The number of phenols is 1. The molecular weight excluding hydrogens is 1370 g/mol. The lowest BCUT2D eigenvalue weighted by Crippen LogP contribution is -2.63. The minimum Gasteiger partial charge on any atom is -0.508 e. The molecule has 4 aromatic carbocycles. The summed E-state index contributed by atoms with van der Waals surface area (Å²) < 4.78 is 14.1. The molecule has 0 spiro atoms. The van der Waals surface area contributed by atoms with Gasteiger partial charge >= 0.3 is 0 Å². The van der Waals surface area contributed by atoms with Crippen molar-refractivity contribution in [2.75, 3.05) is 47.9 Å². The zero-order valence-electron chi connectivity index (χ0n) is 59.0. The van der Waals surface area contributed by atoms with Crippen LogP contribution in [0.5, 0.6) is 11.6 Å². The SMILES string of the molecule is CC(=O)N[C@H]1CCC(=O)NC[C@@H](C(=O)N(C)[C@@H](Cc2ccc(F)cc2)C(N)=O)N(C)C(=O)[C@H](C2CC2)NC(=O)[C@H](Cc2c[nH]c3ccccc23)NC(=O)[C@H](Cc2c[nH]c3ccc(O)cc23)NC(=O)[C@H](CO)N(C)C(=O)[C@H](CCc2ccccc2)N(C)C(=O)[C@H](CO)NC(=O)[C@H](Cc2ccc(O)nc2)NC1=O. The number of aromatic hydroxyl groups is 2. The number of carbonyl (C=O) groups excluding carboxylic acids is 12. The predicted molar refractivity (Wildman–Crippen MR) is 382 cm³/mol. The van der Waals surface area contributed by atoms with Gasteiger partial charge in [0.05, 0.1) is 13.2 Å². The molecule has 10 atom stereocenters. The lowest BCUT2D eigenvalue weighted by atomic mass is 10.00. The van der Waals surface area contributed by atoms with E-state index in [0.29, 0.717) is 56.9 Å². The second-order valence-corrected chi connectivity index (χ2v) is 26.7. The van der Waals surface area contributed by atoms with Gasteiger partial charge < -0.3 is 92.9 Å². The molecule has 12 amide bonds. The summed E-state index contributed by atoms with van der Waals surface area (Å²) in [6, 6.07) is 11.5. The minimum atomic E-state index is -1.87. The molecule has 1 aliphatic carbocycles. The number of benzene rings is 4. The van der Waals surface area contributed by atoms with E-state index in [9.17, 15) is 53.6 Å². The number of amides is 12. The first-order chi connectivity index (χ1) is 50.6. The lowest BCUT2D eigenvalue weighted by Gasteiger charge is -2.36. The van der Waals surface area contributed by atoms with Crippen molar-refractivity contribution in [1.82, 2.24) is 71.8 Å². The quantitative estimate of drug-likeness (QED) is 0.0516. The molecule has 31 nitrogen and oxygen atoms in total. The molecular formula is C74H88FN15O16. The van der Waals surface area contributed by atoms with Crippen LogP contribution in [0.25, 0.3) is 21.8 Å². The number of phenolic OH excluding ortho intramolecular Hbond substituents is 1. The number of hydrogen-bond donors (Lipinski definition) is 14. The van der Waals surface area contributed by atoms with Crippen LogP contribution in [0.1, 0.15) is 66.8 Å². The van der Waals surface area contributed by atoms with Crippen molar-refractivity contribution >= 4 is 92.7 Å². The summed E-state index contributed by atoms with van der Waals surface area (Å²) in [6.45, 7) is -1.81. The molecule has 0 unspecified atom stereocenters. The molecule has 7 aromatic rings. The molecule has 0 bridgehead atoms. The second kappa shape index (κ2) is 35.6. The van der Waals surface area contributed by atoms with Crippen LogP contribution in [0.3, 0.4) is 0 Å². The Balaban J connectivity index is 1.13. The number of rotatable bonds is 18. The minimum absolute atomic E-state index is 0.125. The van der Waals surface area contributed by atoms with Crippen LogP contribution in [-0.4, -0.2) is 234 Å². The molecule has 106 heavy (non-hydrogen) atoms. The number of nitrogens with zero attached hydrogens (tertiary/aromatic N) is 5. The summed E-state index contributed by atoms with van der Waals surface area (Å²) in [5.74, 6) is -13.4. The van der Waals surface area contributed by atoms with E-state index in [2.05, 4.69) is 52.2 Å². The number of nitrogens with two attached hydrogens (primary N) is 1. The standard InChI is InChI=1S/C74H88FN15O16/c1-40(93)81-53-25-28-63(96)80-37-60(73(105)88(3)59(65(76)97)30-42-15-21-47(75)22-16-42)89(4)74(106)64(44-19-20-44)86-69(101)56(31-45-35-77-51-14-10-9-13-49(45)51)83-68(100)55(32-46-36-78-52-24-23-48(94)33-50(46)52)84-70(102)61(39-92)90(5)72(104)58(26-17-41-11-7-6-8-12-41)87(2)71(103)57(38-91)85-67(99)54(82-66(53)98)29-43-18-27-62(95)79-34-43/h6-16,18,21-24,27,33-36,44,53-61,64,77-78,91-92,94H,17,19-20,25-26,28-32,37-39H2,1-5H3,(H2,76,97)(H,79,95)(H,80,96)(H,81,93)(H,82,98)(H,83,100)(H,84,102)(H,85,99)(H,86,101)/t53-,54-,55-,56-,57-,58-,59-,60-,61-,64-/m0/s1. The van der Waals surface area contributed by atoms with E-state index in [-0.39, 0.29) is 43.4 Å². The van der Waals surface area contributed by atoms with Crippen molar-refractivity contribution in [2.45, 2.75) is 132 Å². The normalized spacial score (nSPS) is 22.3. The molecule has 2 fully saturated rings. The van der Waals surface area contributed by atoms with Crippen LogP contribution in [0.4, 0.5) is 4.39 Å². The molecule has 3 aromatic heterocycles. The first-order valence-electron chi connectivity index (χ1n) is 34.5. The van der Waals surface area contributed by atoms with Crippen LogP contribution < -0.4 is 43.0 Å². The van der Waals surface area contributed by atoms with Crippen molar-refractivity contribution in [3.63, 3.8) is 0 Å². The van der Waals surface area contributed by atoms with E-state index in [1.807, 2.05) is 0 Å². The third-order valence-electron chi connectivity index (χ3n) is 19.2. The van der Waals surface area contributed by atoms with Crippen LogP contribution in [0.15, 0.2) is 128 Å². The monoisotopic (exact) mass is 1460 g/mol. The number of nitrogens with one attached hydrogen (secondary N) is 9. The number of primary amides is 1. The Labute approximate surface area is 608 Å². The number of H-pyrrole nitrogens is 2. The topological polar surface area (TPSA) is 453 Å². The Kier molecular flexibility index (Phi) is 26.3. The Morgan fingerprint density at radius 3 is 1.83 bits per heavy atom. The van der Waals surface area contributed by atoms with Gasteiger partial charge in [-0.15, -0.1) is 0 Å². The number of likely N-dealkylation sites (N-methyl/N-ethyl adjacent to an activating group) is 4. The molecule has 0 radical (unpaired) electrons. The van der Waals surface area contributed by atoms with Gasteiger partial charge in [-0.2, -0.15) is 0 Å². The second-order valence-electron chi connectivity index (χ2n) is 26.7. The Morgan fingerprint density at radius 2 is 1.21 bits per heavy atom. The van der Waals surface area contributed by atoms with Crippen LogP contribution in [0, 0.1) is 11.7 Å². The van der Waals surface area contributed by atoms with Crippen LogP contribution in [-0.2, 0) is 89.6 Å². The maximum atomic E-state index is 15.5. The van der Waals surface area contributed by atoms with Gasteiger partial charge in [0.2, 0.25) is 76.8 Å². The van der Waals surface area contributed by atoms with Gasteiger partial charge in [0.15, 0.2) is 0 Å². The van der Waals surface area contributed by atoms with Crippen molar-refractivity contribution in [2.24, 2.45) is 11.7 Å². The van der Waals surface area contributed by atoms with Gasteiger partial charge in [0.1, 0.15) is 72.0 Å². The first-order valence-corrected chi connectivity index (χ1v) is 34.5. The highest BCUT2D eigenvalue weighted by Gasteiger charge is 2.45. The average molecular weight is 1460 g/mol. The summed E-state index contributed by atoms with van der Waals surface area (Å²) in [4.78, 5) is 190. The summed E-state index contributed by atoms with van der Waals surface area (Å²) in [5, 5.41) is 62.3. The van der Waals surface area contributed by atoms with Gasteiger partial charge in [-0.1, -0.05) is 66.7 Å². The Bertz CT molecular complexity index is 4360. The highest BCUT2D eigenvalue weighted by molar-refractivity contribution is 6.00. The zero-order valence-corrected chi connectivity index (χ0v) is 59.0. The number of pyridine rings is 1. The fourth-order valence-corrected chi connectivity index (χ4v) is 12.9. The molecule has 4 heterocycles. The number of hydrogen-bond acceptors (Lipinski definition) is 17. The number of carbonyl (C=O) groups is 12. The van der Waals surface area contributed by atoms with Gasteiger partial charge in [-0.25, -0.2) is 9.37 Å². The van der Waals surface area contributed by atoms with Crippen LogP contribution >= 0.6 is 0 Å². The van der Waals surface area contributed by atoms with Gasteiger partial charge in [-0.3, -0.25) is 57.5 Å². The molecule has 1 saturated heterocycles. The highest BCUT2D eigenvalue weighted by atomic mass is 19.1. The maximum Gasteiger partial charge on any atom is 0.247 e. The van der Waals surface area contributed by atoms with E-state index in [1.165, 1.54) is 77.0 Å². The van der Waals surface area contributed by atoms with Crippen molar-refractivity contribution < 1.29 is 82.4 Å². The number of para-hydroxylation sites is 1. The first kappa shape index (κ1) is 78.3. The van der Waals surface area contributed by atoms with E-state index >= 15 is 28.8 Å². The zero-order chi connectivity index (χ0) is 76.6. The molecule has 562 valence electrons. The van der Waals surface area contributed by atoms with Crippen molar-refractivity contribution in [3.8, 4) is 11.6 Å². The molecule has 1 saturated carbocycles. The summed E-state index contributed by atoms with van der Waals surface area (Å²) in [6.07, 6.45) is 2.71. The number of halogens is 1. The smallest absolute Gasteiger partial charge is 0.247 e. The summed E-state index contributed by atoms with van der Waals surface area (Å²) in [7, 11) is 4.84. The lowest BCUT2D eigenvalue weighted by molar-refractivity contribution is -0.150. The third kappa shape index (κ3) is 19.9. The molecule has 32 heteroatoms. The fraction of sp³-hybridized carbons (Fsp3) is 0.392. The number of aliphatic hydroxyl groups is 2. The van der Waals surface area contributed by atoms with Crippen molar-refractivity contribution in [3.05, 3.63) is 161 Å². The van der Waals surface area contributed by atoms with E-state index < -0.39 is 188 Å². The predicted octanol–water partition coefficient (Wildman–Crippen LogP) is -0.476. The molecule has 15 N–H and O–H groups in total. The van der Waals surface area contributed by atoms with E-state index in [0.717, 1.165) is 38.7 Å². The van der Waals surface area contributed by atoms with E-state index in [4.69, 9.17) is 5.73 Å². The maximum absolute atomic E-state index is 15.5. The average Bonchev–Trinajstić information content (AvgIpc) is 1.35. The van der Waals surface area contributed by atoms with E-state index in [1.54, 1.807) is 66.9 Å². The molecule has 2 aliphatic rings. The van der Waals surface area contributed by atoms with Gasteiger partial charge in [-0.05, 0) is 102 Å². The van der Waals surface area contributed by atoms with Crippen LogP contribution in [0.2, 0.25) is 0 Å². The highest BCUT2D eigenvalue weighted by Crippen LogP contribution is 2.34. The number of aryl methyl sites for hydroxylation is 1. The summed E-state index contributed by atoms with van der Waals surface area (Å²) >= 11 is 0. The Hall–Kier alpha value is -11.8. The number of aromatic amines is 2. The number of aliphatic hydroxyl groups excluding tert-OH is 2. The fourth-order valence-electron chi connectivity index (χ4n) is 12.9. The summed E-state index contributed by atoms with van der Waals surface area (Å²) in [5.41, 5.74) is 9.30. The molecule has 1 aliphatic heterocycles. The number of fused-ring (bicyclic) bond motifs is 2. The Morgan fingerprint density at radius 1 is 0.623 bits per heavy atom. The van der Waals surface area contributed by atoms with Gasteiger partial charge in [0, 0.05) is 120 Å². The molecule has 9 rings (SSSR count). The van der Waals surface area contributed by atoms with Gasteiger partial charge in [0.25, 0.3) is 0 Å². The van der Waals surface area contributed by atoms with Crippen molar-refractivity contribution in [1.29, 1.82) is 0 Å². The largest absolute Gasteiger partial charge is 0.508 e. The third-order valence-corrected chi connectivity index (χ3v) is 19.2.